The molecule has 0 unspecified atom stereocenters. The van der Waals surface area contributed by atoms with Crippen LogP contribution in [0.5, 0.6) is 0 Å². The Labute approximate surface area is 159 Å². The van der Waals surface area contributed by atoms with Crippen LogP contribution in [0.2, 0.25) is 0 Å². The van der Waals surface area contributed by atoms with Gasteiger partial charge in [-0.1, -0.05) is 54.6 Å². The van der Waals surface area contributed by atoms with Crippen LogP contribution in [-0.2, 0) is 6.54 Å². The quantitative estimate of drug-likeness (QED) is 0.332. The van der Waals surface area contributed by atoms with Gasteiger partial charge in [0.25, 0.3) is 0 Å². The molecule has 1 N–H and O–H groups in total. The molecule has 0 fully saturated rings. The summed E-state index contributed by atoms with van der Waals surface area (Å²) in [5.41, 5.74) is 4.46. The van der Waals surface area contributed by atoms with E-state index in [1.807, 2.05) is 30.3 Å². The summed E-state index contributed by atoms with van der Waals surface area (Å²) in [7, 11) is 0. The molecule has 0 atom stereocenters. The molecule has 3 aromatic rings. The van der Waals surface area contributed by atoms with Crippen molar-refractivity contribution in [2.45, 2.75) is 13.0 Å². The summed E-state index contributed by atoms with van der Waals surface area (Å²) in [5.74, 6) is -0.455. The molecule has 136 valence electrons. The number of hydrogen-bond donors (Lipinski definition) is 1. The first kappa shape index (κ1) is 18.7. The molecule has 2 nitrogen and oxygen atoms in total. The fourth-order valence-corrected chi connectivity index (χ4v) is 2.83. The van der Waals surface area contributed by atoms with E-state index >= 15 is 0 Å². The van der Waals surface area contributed by atoms with Gasteiger partial charge in [-0.05, 0) is 53.9 Å². The number of hydrogen-bond acceptors (Lipinski definition) is 2. The Hall–Kier alpha value is -3.04. The summed E-state index contributed by atoms with van der Waals surface area (Å²) in [6.07, 6.45) is 2.86. The van der Waals surface area contributed by atoms with Gasteiger partial charge in [-0.3, -0.25) is 4.79 Å². The number of carbonyl (C=O) groups is 1. The smallest absolute Gasteiger partial charge is 0.193 e. The van der Waals surface area contributed by atoms with Crippen molar-refractivity contribution >= 4 is 5.78 Å². The lowest BCUT2D eigenvalue weighted by Gasteiger charge is -2.07. The Bertz CT molecular complexity index is 897. The molecule has 0 radical (unpaired) electrons. The largest absolute Gasteiger partial charge is 0.312 e. The molecule has 0 aliphatic heterocycles. The molecule has 3 aromatic carbocycles. The maximum Gasteiger partial charge on any atom is 0.193 e. The SMILES string of the molecule is C=CCCNCc1ccc(-c2ccc(C(=O)c3ccc(F)cc3)cc2)cc1. The van der Waals surface area contributed by atoms with Crippen LogP contribution in [0.3, 0.4) is 0 Å². The van der Waals surface area contributed by atoms with Gasteiger partial charge in [0.1, 0.15) is 5.82 Å². The first-order valence-electron chi connectivity index (χ1n) is 8.98. The number of carbonyl (C=O) groups excluding carboxylic acids is 1. The van der Waals surface area contributed by atoms with Crippen molar-refractivity contribution < 1.29 is 9.18 Å². The zero-order valence-corrected chi connectivity index (χ0v) is 15.1. The molecule has 0 aromatic heterocycles. The first-order chi connectivity index (χ1) is 13.2. The molecule has 0 aliphatic rings. The number of nitrogens with one attached hydrogen (secondary N) is 1. The van der Waals surface area contributed by atoms with Gasteiger partial charge in [0.05, 0.1) is 0 Å². The van der Waals surface area contributed by atoms with E-state index in [1.165, 1.54) is 29.8 Å². The van der Waals surface area contributed by atoms with Gasteiger partial charge in [0.15, 0.2) is 5.78 Å². The predicted molar refractivity (Wildman–Crippen MR) is 108 cm³/mol. The van der Waals surface area contributed by atoms with Crippen molar-refractivity contribution in [3.8, 4) is 11.1 Å². The van der Waals surface area contributed by atoms with E-state index in [4.69, 9.17) is 0 Å². The van der Waals surface area contributed by atoms with E-state index < -0.39 is 0 Å². The molecular formula is C24H22FNO. The number of ketones is 1. The highest BCUT2D eigenvalue weighted by atomic mass is 19.1. The Morgan fingerprint density at radius 1 is 0.852 bits per heavy atom. The molecule has 0 heterocycles. The molecule has 0 aliphatic carbocycles. The van der Waals surface area contributed by atoms with E-state index in [9.17, 15) is 9.18 Å². The second-order valence-electron chi connectivity index (χ2n) is 6.36. The summed E-state index contributed by atoms with van der Waals surface area (Å²) < 4.78 is 13.0. The minimum atomic E-state index is -0.346. The average Bonchev–Trinajstić information content (AvgIpc) is 2.72. The number of halogens is 1. The summed E-state index contributed by atoms with van der Waals surface area (Å²) in [4.78, 5) is 12.5. The molecular weight excluding hydrogens is 337 g/mol. The van der Waals surface area contributed by atoms with E-state index in [1.54, 1.807) is 0 Å². The first-order valence-corrected chi connectivity index (χ1v) is 8.98. The van der Waals surface area contributed by atoms with Gasteiger partial charge in [-0.25, -0.2) is 4.39 Å². The van der Waals surface area contributed by atoms with Crippen LogP contribution in [0.1, 0.15) is 27.9 Å². The highest BCUT2D eigenvalue weighted by Crippen LogP contribution is 2.21. The summed E-state index contributed by atoms with van der Waals surface area (Å²) in [6.45, 7) is 5.47. The second-order valence-corrected chi connectivity index (χ2v) is 6.36. The van der Waals surface area contributed by atoms with Crippen LogP contribution in [0, 0.1) is 5.82 Å². The zero-order chi connectivity index (χ0) is 19.1. The molecule has 27 heavy (non-hydrogen) atoms. The lowest BCUT2D eigenvalue weighted by Crippen LogP contribution is -2.13. The Kier molecular flexibility index (Phi) is 6.29. The van der Waals surface area contributed by atoms with Crippen LogP contribution < -0.4 is 5.32 Å². The minimum absolute atomic E-state index is 0.109. The Balaban J connectivity index is 1.67. The minimum Gasteiger partial charge on any atom is -0.312 e. The summed E-state index contributed by atoms with van der Waals surface area (Å²) >= 11 is 0. The maximum absolute atomic E-state index is 13.0. The van der Waals surface area contributed by atoms with Crippen LogP contribution >= 0.6 is 0 Å². The lowest BCUT2D eigenvalue weighted by molar-refractivity contribution is 0.103. The summed E-state index contributed by atoms with van der Waals surface area (Å²) in [6, 6.07) is 21.5. The normalized spacial score (nSPS) is 10.6. The van der Waals surface area contributed by atoms with Crippen molar-refractivity contribution in [3.05, 3.63) is 108 Å². The molecule has 0 saturated heterocycles. The molecule has 0 amide bonds. The van der Waals surface area contributed by atoms with Crippen molar-refractivity contribution in [1.82, 2.24) is 5.32 Å². The van der Waals surface area contributed by atoms with Crippen LogP contribution in [0.4, 0.5) is 4.39 Å². The van der Waals surface area contributed by atoms with Gasteiger partial charge in [-0.15, -0.1) is 6.58 Å². The van der Waals surface area contributed by atoms with Gasteiger partial charge in [0.2, 0.25) is 0 Å². The van der Waals surface area contributed by atoms with Crippen molar-refractivity contribution in [3.63, 3.8) is 0 Å². The van der Waals surface area contributed by atoms with Gasteiger partial charge >= 0.3 is 0 Å². The average molecular weight is 359 g/mol. The van der Waals surface area contributed by atoms with Crippen molar-refractivity contribution in [2.75, 3.05) is 6.54 Å². The van der Waals surface area contributed by atoms with Gasteiger partial charge in [0, 0.05) is 17.7 Å². The third-order valence-corrected chi connectivity index (χ3v) is 4.40. The second kappa shape index (κ2) is 9.06. The standard InChI is InChI=1S/C24H22FNO/c1-2-3-16-26-17-18-4-6-19(7-5-18)20-8-10-21(11-9-20)24(27)22-12-14-23(25)15-13-22/h2,4-15,26H,1,3,16-17H2. The number of rotatable bonds is 8. The molecule has 3 heteroatoms. The van der Waals surface area contributed by atoms with Crippen LogP contribution in [0.15, 0.2) is 85.5 Å². The van der Waals surface area contributed by atoms with E-state index in [-0.39, 0.29) is 11.6 Å². The fourth-order valence-electron chi connectivity index (χ4n) is 2.83. The molecule has 0 spiro atoms. The third kappa shape index (κ3) is 4.99. The molecule has 0 bridgehead atoms. The van der Waals surface area contributed by atoms with E-state index in [0.29, 0.717) is 11.1 Å². The van der Waals surface area contributed by atoms with Gasteiger partial charge < -0.3 is 5.32 Å². The third-order valence-electron chi connectivity index (χ3n) is 4.40. The zero-order valence-electron chi connectivity index (χ0n) is 15.1. The lowest BCUT2D eigenvalue weighted by atomic mass is 9.99. The van der Waals surface area contributed by atoms with E-state index in [0.717, 1.165) is 30.6 Å². The predicted octanol–water partition coefficient (Wildman–Crippen LogP) is 5.39. The Morgan fingerprint density at radius 3 is 1.93 bits per heavy atom. The van der Waals surface area contributed by atoms with E-state index in [2.05, 4.69) is 36.2 Å². The monoisotopic (exact) mass is 359 g/mol. The van der Waals surface area contributed by atoms with Crippen LogP contribution in [-0.4, -0.2) is 12.3 Å². The van der Waals surface area contributed by atoms with Gasteiger partial charge in [-0.2, -0.15) is 0 Å². The van der Waals surface area contributed by atoms with Crippen molar-refractivity contribution in [2.24, 2.45) is 0 Å². The summed E-state index contributed by atoms with van der Waals surface area (Å²) in [5, 5.41) is 3.37. The topological polar surface area (TPSA) is 29.1 Å². The molecule has 3 rings (SSSR count). The highest BCUT2D eigenvalue weighted by molar-refractivity contribution is 6.09. The number of benzene rings is 3. The fraction of sp³-hybridized carbons (Fsp3) is 0.125. The Morgan fingerprint density at radius 2 is 1.37 bits per heavy atom. The van der Waals surface area contributed by atoms with Crippen LogP contribution in [0.25, 0.3) is 11.1 Å². The maximum atomic E-state index is 13.0. The van der Waals surface area contributed by atoms with Crippen molar-refractivity contribution in [1.29, 1.82) is 0 Å². The molecule has 0 saturated carbocycles. The highest BCUT2D eigenvalue weighted by Gasteiger charge is 2.09.